The Morgan fingerprint density at radius 1 is 1.53 bits per heavy atom. The molecule has 1 saturated heterocycles. The van der Waals surface area contributed by atoms with Gasteiger partial charge in [-0.15, -0.1) is 0 Å². The van der Waals surface area contributed by atoms with E-state index in [0.29, 0.717) is 0 Å². The lowest BCUT2D eigenvalue weighted by atomic mass is 10.0. The van der Waals surface area contributed by atoms with E-state index in [-0.39, 0.29) is 12.1 Å². The summed E-state index contributed by atoms with van der Waals surface area (Å²) in [4.78, 5) is 17.3. The Labute approximate surface area is 88.9 Å². The summed E-state index contributed by atoms with van der Waals surface area (Å²) in [5.41, 5.74) is 0.327. The summed E-state index contributed by atoms with van der Waals surface area (Å²) in [5.74, 6) is 0. The van der Waals surface area contributed by atoms with Crippen molar-refractivity contribution in [1.82, 2.24) is 4.98 Å². The molecule has 0 spiro atoms. The third kappa shape index (κ3) is 1.56. The number of aromatic nitrogens is 1. The fraction of sp³-hybridized carbons (Fsp3) is 0.455. The van der Waals surface area contributed by atoms with E-state index in [9.17, 15) is 4.79 Å². The van der Waals surface area contributed by atoms with Gasteiger partial charge in [0, 0.05) is 6.20 Å². The van der Waals surface area contributed by atoms with Gasteiger partial charge in [-0.2, -0.15) is 0 Å². The second-order valence-corrected chi connectivity index (χ2v) is 4.23. The van der Waals surface area contributed by atoms with Crippen molar-refractivity contribution in [3.8, 4) is 0 Å². The Kier molecular flexibility index (Phi) is 2.14. The molecule has 0 N–H and O–H groups in total. The third-order valence-corrected chi connectivity index (χ3v) is 2.86. The van der Waals surface area contributed by atoms with Crippen LogP contribution in [0.15, 0.2) is 24.5 Å². The molecule has 4 heteroatoms. The lowest BCUT2D eigenvalue weighted by molar-refractivity contribution is 0.0719. The smallest absolute Gasteiger partial charge is 0.415 e. The monoisotopic (exact) mass is 206 g/mol. The van der Waals surface area contributed by atoms with Gasteiger partial charge in [-0.25, -0.2) is 4.79 Å². The van der Waals surface area contributed by atoms with Gasteiger partial charge in [0.1, 0.15) is 5.60 Å². The van der Waals surface area contributed by atoms with Crippen LogP contribution in [0.4, 0.5) is 10.5 Å². The highest BCUT2D eigenvalue weighted by Crippen LogP contribution is 2.32. The topological polar surface area (TPSA) is 42.4 Å². The van der Waals surface area contributed by atoms with Crippen molar-refractivity contribution in [2.24, 2.45) is 0 Å². The number of hydrogen-bond acceptors (Lipinski definition) is 3. The van der Waals surface area contributed by atoms with E-state index in [1.807, 2.05) is 26.8 Å². The van der Waals surface area contributed by atoms with Gasteiger partial charge < -0.3 is 4.74 Å². The SMILES string of the molecule is CC1N(c2cccnc2)C(=O)OC1(C)C. The fourth-order valence-electron chi connectivity index (χ4n) is 1.65. The van der Waals surface area contributed by atoms with Crippen molar-refractivity contribution in [2.75, 3.05) is 4.90 Å². The summed E-state index contributed by atoms with van der Waals surface area (Å²) in [6.07, 6.45) is 3.04. The average Bonchev–Trinajstić information content (AvgIpc) is 2.38. The van der Waals surface area contributed by atoms with Crippen molar-refractivity contribution in [3.63, 3.8) is 0 Å². The minimum absolute atomic E-state index is 0.00852. The predicted octanol–water partition coefficient (Wildman–Crippen LogP) is 2.21. The molecule has 0 radical (unpaired) electrons. The maximum Gasteiger partial charge on any atom is 0.415 e. The van der Waals surface area contributed by atoms with Crippen LogP contribution in [0.3, 0.4) is 0 Å². The number of nitrogens with zero attached hydrogens (tertiary/aromatic N) is 2. The zero-order chi connectivity index (χ0) is 11.1. The second kappa shape index (κ2) is 3.22. The molecule has 1 aromatic rings. The summed E-state index contributed by atoms with van der Waals surface area (Å²) >= 11 is 0. The van der Waals surface area contributed by atoms with Crippen LogP contribution in [-0.4, -0.2) is 22.7 Å². The highest BCUT2D eigenvalue weighted by Gasteiger charge is 2.45. The number of hydrogen-bond donors (Lipinski definition) is 0. The highest BCUT2D eigenvalue weighted by molar-refractivity contribution is 5.90. The van der Waals surface area contributed by atoms with Crippen LogP contribution in [0.2, 0.25) is 0 Å². The fourth-order valence-corrected chi connectivity index (χ4v) is 1.65. The number of carbonyl (C=O) groups excluding carboxylic acids is 1. The Morgan fingerprint density at radius 3 is 2.73 bits per heavy atom. The maximum absolute atomic E-state index is 11.7. The van der Waals surface area contributed by atoms with Crippen LogP contribution in [0.5, 0.6) is 0 Å². The first kappa shape index (κ1) is 9.96. The summed E-state index contributed by atoms with van der Waals surface area (Å²) in [6, 6.07) is 3.67. The molecular formula is C11H14N2O2. The molecule has 15 heavy (non-hydrogen) atoms. The number of amides is 1. The van der Waals surface area contributed by atoms with Gasteiger partial charge in [-0.05, 0) is 32.9 Å². The van der Waals surface area contributed by atoms with Gasteiger partial charge in [0.2, 0.25) is 0 Å². The van der Waals surface area contributed by atoms with E-state index < -0.39 is 5.60 Å². The molecule has 0 saturated carbocycles. The molecule has 4 nitrogen and oxygen atoms in total. The minimum Gasteiger partial charge on any atom is -0.441 e. The first-order valence-electron chi connectivity index (χ1n) is 4.94. The summed E-state index contributed by atoms with van der Waals surface area (Å²) in [5, 5.41) is 0. The maximum atomic E-state index is 11.7. The Bertz CT molecular complexity index is 375. The molecule has 1 amide bonds. The first-order valence-corrected chi connectivity index (χ1v) is 4.94. The molecule has 0 aliphatic carbocycles. The average molecular weight is 206 g/mol. The second-order valence-electron chi connectivity index (χ2n) is 4.23. The standard InChI is InChI=1S/C11H14N2O2/c1-8-11(2,3)15-10(14)13(8)9-5-4-6-12-7-9/h4-8H,1-3H3. The predicted molar refractivity (Wildman–Crippen MR) is 56.7 cm³/mol. The van der Waals surface area contributed by atoms with E-state index >= 15 is 0 Å². The molecule has 1 unspecified atom stereocenters. The molecule has 1 aliphatic heterocycles. The number of cyclic esters (lactones) is 1. The van der Waals surface area contributed by atoms with Gasteiger partial charge in [0.25, 0.3) is 0 Å². The largest absolute Gasteiger partial charge is 0.441 e. The van der Waals surface area contributed by atoms with Gasteiger partial charge in [-0.3, -0.25) is 9.88 Å². The first-order chi connectivity index (χ1) is 7.02. The van der Waals surface area contributed by atoms with Crippen LogP contribution >= 0.6 is 0 Å². The van der Waals surface area contributed by atoms with Gasteiger partial charge >= 0.3 is 6.09 Å². The van der Waals surface area contributed by atoms with Gasteiger partial charge in [0.05, 0.1) is 17.9 Å². The summed E-state index contributed by atoms with van der Waals surface area (Å²) in [7, 11) is 0. The van der Waals surface area contributed by atoms with Crippen LogP contribution < -0.4 is 4.90 Å². The van der Waals surface area contributed by atoms with Gasteiger partial charge in [0.15, 0.2) is 0 Å². The molecule has 1 atom stereocenters. The van der Waals surface area contributed by atoms with Crippen molar-refractivity contribution >= 4 is 11.8 Å². The zero-order valence-corrected chi connectivity index (χ0v) is 9.10. The quantitative estimate of drug-likeness (QED) is 0.707. The van der Waals surface area contributed by atoms with Gasteiger partial charge in [-0.1, -0.05) is 0 Å². The van der Waals surface area contributed by atoms with E-state index in [1.54, 1.807) is 23.4 Å². The molecular weight excluding hydrogens is 192 g/mol. The van der Waals surface area contributed by atoms with Crippen LogP contribution in [0.1, 0.15) is 20.8 Å². The number of anilines is 1. The lowest BCUT2D eigenvalue weighted by Gasteiger charge is -2.24. The Morgan fingerprint density at radius 2 is 2.27 bits per heavy atom. The molecule has 80 valence electrons. The molecule has 2 heterocycles. The van der Waals surface area contributed by atoms with E-state index in [4.69, 9.17) is 4.74 Å². The number of pyridine rings is 1. The van der Waals surface area contributed by atoms with Crippen LogP contribution in [0.25, 0.3) is 0 Å². The minimum atomic E-state index is -0.451. The molecule has 2 rings (SSSR count). The zero-order valence-electron chi connectivity index (χ0n) is 9.10. The highest BCUT2D eigenvalue weighted by atomic mass is 16.6. The van der Waals surface area contributed by atoms with Crippen LogP contribution in [-0.2, 0) is 4.74 Å². The number of carbonyl (C=O) groups is 1. The molecule has 1 aromatic heterocycles. The third-order valence-electron chi connectivity index (χ3n) is 2.86. The molecule has 1 aliphatic rings. The Hall–Kier alpha value is -1.58. The van der Waals surface area contributed by atoms with Crippen molar-refractivity contribution in [1.29, 1.82) is 0 Å². The van der Waals surface area contributed by atoms with Crippen molar-refractivity contribution in [3.05, 3.63) is 24.5 Å². The Balaban J connectivity index is 2.35. The summed E-state index contributed by atoms with van der Waals surface area (Å²) in [6.45, 7) is 5.79. The van der Waals surface area contributed by atoms with E-state index in [0.717, 1.165) is 5.69 Å². The van der Waals surface area contributed by atoms with Crippen molar-refractivity contribution in [2.45, 2.75) is 32.4 Å². The number of ether oxygens (including phenoxy) is 1. The molecule has 0 aromatic carbocycles. The molecule has 0 bridgehead atoms. The van der Waals surface area contributed by atoms with E-state index in [2.05, 4.69) is 4.98 Å². The molecule has 1 fully saturated rings. The number of rotatable bonds is 1. The van der Waals surface area contributed by atoms with E-state index in [1.165, 1.54) is 0 Å². The summed E-state index contributed by atoms with van der Waals surface area (Å²) < 4.78 is 5.29. The lowest BCUT2D eigenvalue weighted by Crippen LogP contribution is -2.39. The normalized spacial score (nSPS) is 24.1. The van der Waals surface area contributed by atoms with Crippen LogP contribution in [0, 0.1) is 0 Å². The van der Waals surface area contributed by atoms with Crippen molar-refractivity contribution < 1.29 is 9.53 Å².